The molecule has 0 aliphatic rings. The fraction of sp³-hybridized carbons (Fsp3) is 0.125. The second kappa shape index (κ2) is 4.81. The lowest BCUT2D eigenvalue weighted by Gasteiger charge is -2.05. The van der Waals surface area contributed by atoms with Gasteiger partial charge in [0.25, 0.3) is 0 Å². The van der Waals surface area contributed by atoms with E-state index in [4.69, 9.17) is 5.73 Å². The fourth-order valence-corrected chi connectivity index (χ4v) is 2.25. The third kappa shape index (κ3) is 2.05. The standard InChI is InChI=1S/C16H16N4/c1-11-3-5-12(6-4-11)14-15(19-20(2)16(14)17)13-7-9-18-10-8-13/h3-10H,17H2,1-2H3. The van der Waals surface area contributed by atoms with Crippen LogP contribution in [0.5, 0.6) is 0 Å². The summed E-state index contributed by atoms with van der Waals surface area (Å²) in [4.78, 5) is 4.05. The third-order valence-electron chi connectivity index (χ3n) is 3.39. The van der Waals surface area contributed by atoms with E-state index < -0.39 is 0 Å². The molecule has 0 fully saturated rings. The Hall–Kier alpha value is -2.62. The first-order valence-corrected chi connectivity index (χ1v) is 6.46. The largest absolute Gasteiger partial charge is 0.383 e. The molecule has 100 valence electrons. The number of benzene rings is 1. The Bertz CT molecular complexity index is 727. The first-order valence-electron chi connectivity index (χ1n) is 6.46. The van der Waals surface area contributed by atoms with Gasteiger partial charge in [-0.3, -0.25) is 9.67 Å². The first kappa shape index (κ1) is 12.4. The highest BCUT2D eigenvalue weighted by Crippen LogP contribution is 2.35. The van der Waals surface area contributed by atoms with E-state index in [0.717, 1.165) is 22.4 Å². The maximum atomic E-state index is 6.20. The summed E-state index contributed by atoms with van der Waals surface area (Å²) in [5, 5.41) is 4.54. The van der Waals surface area contributed by atoms with E-state index in [9.17, 15) is 0 Å². The van der Waals surface area contributed by atoms with Crippen molar-refractivity contribution in [1.29, 1.82) is 0 Å². The molecule has 2 aromatic heterocycles. The number of nitrogen functional groups attached to an aromatic ring is 1. The molecule has 0 saturated carbocycles. The van der Waals surface area contributed by atoms with Crippen molar-refractivity contribution in [1.82, 2.24) is 14.8 Å². The van der Waals surface area contributed by atoms with Crippen molar-refractivity contribution in [2.45, 2.75) is 6.92 Å². The van der Waals surface area contributed by atoms with Gasteiger partial charge in [0.2, 0.25) is 0 Å². The lowest BCUT2D eigenvalue weighted by atomic mass is 10.0. The van der Waals surface area contributed by atoms with Crippen molar-refractivity contribution in [2.75, 3.05) is 5.73 Å². The maximum Gasteiger partial charge on any atom is 0.129 e. The molecule has 1 aromatic carbocycles. The average molecular weight is 264 g/mol. The van der Waals surface area contributed by atoms with Gasteiger partial charge < -0.3 is 5.73 Å². The number of hydrogen-bond donors (Lipinski definition) is 1. The molecule has 0 saturated heterocycles. The van der Waals surface area contributed by atoms with Gasteiger partial charge in [0.15, 0.2) is 0 Å². The summed E-state index contributed by atoms with van der Waals surface area (Å²) in [5.74, 6) is 0.667. The summed E-state index contributed by atoms with van der Waals surface area (Å²) in [5.41, 5.74) is 11.4. The van der Waals surface area contributed by atoms with Gasteiger partial charge in [-0.2, -0.15) is 5.10 Å². The SMILES string of the molecule is Cc1ccc(-c2c(-c3ccncc3)nn(C)c2N)cc1. The van der Waals surface area contributed by atoms with Crippen LogP contribution in [0, 0.1) is 6.92 Å². The summed E-state index contributed by atoms with van der Waals surface area (Å²) >= 11 is 0. The predicted octanol–water partition coefficient (Wildman–Crippen LogP) is 3.04. The lowest BCUT2D eigenvalue weighted by molar-refractivity contribution is 0.782. The van der Waals surface area contributed by atoms with Gasteiger partial charge in [0.1, 0.15) is 11.5 Å². The van der Waals surface area contributed by atoms with E-state index in [1.807, 2.05) is 19.2 Å². The molecular weight excluding hydrogens is 248 g/mol. The Morgan fingerprint density at radius 1 is 0.950 bits per heavy atom. The molecule has 0 aliphatic carbocycles. The van der Waals surface area contributed by atoms with Crippen LogP contribution < -0.4 is 5.73 Å². The van der Waals surface area contributed by atoms with E-state index in [1.54, 1.807) is 17.1 Å². The van der Waals surface area contributed by atoms with Gasteiger partial charge in [-0.15, -0.1) is 0 Å². The molecule has 0 spiro atoms. The summed E-state index contributed by atoms with van der Waals surface area (Å²) in [6.45, 7) is 2.07. The van der Waals surface area contributed by atoms with Gasteiger partial charge >= 0.3 is 0 Å². The Labute approximate surface area is 117 Å². The summed E-state index contributed by atoms with van der Waals surface area (Å²) in [6.07, 6.45) is 3.53. The van der Waals surface area contributed by atoms with Crippen LogP contribution >= 0.6 is 0 Å². The topological polar surface area (TPSA) is 56.7 Å². The minimum absolute atomic E-state index is 0.667. The van der Waals surface area contributed by atoms with Crippen LogP contribution in [0.2, 0.25) is 0 Å². The zero-order chi connectivity index (χ0) is 14.1. The molecule has 4 nitrogen and oxygen atoms in total. The number of anilines is 1. The van der Waals surface area contributed by atoms with Gasteiger partial charge in [-0.25, -0.2) is 0 Å². The minimum atomic E-state index is 0.667. The van der Waals surface area contributed by atoms with Gasteiger partial charge in [0.05, 0.1) is 5.56 Å². The van der Waals surface area contributed by atoms with E-state index in [1.165, 1.54) is 5.56 Å². The van der Waals surface area contributed by atoms with Crippen LogP contribution in [0.3, 0.4) is 0 Å². The Morgan fingerprint density at radius 2 is 1.60 bits per heavy atom. The summed E-state index contributed by atoms with van der Waals surface area (Å²) in [6, 6.07) is 12.2. The van der Waals surface area contributed by atoms with Crippen molar-refractivity contribution in [2.24, 2.45) is 7.05 Å². The van der Waals surface area contributed by atoms with Crippen molar-refractivity contribution in [3.63, 3.8) is 0 Å². The van der Waals surface area contributed by atoms with Crippen molar-refractivity contribution in [3.8, 4) is 22.4 Å². The zero-order valence-corrected chi connectivity index (χ0v) is 11.5. The Kier molecular flexibility index (Phi) is 2.99. The molecule has 20 heavy (non-hydrogen) atoms. The zero-order valence-electron chi connectivity index (χ0n) is 11.5. The fourth-order valence-electron chi connectivity index (χ4n) is 2.25. The number of nitrogens with two attached hydrogens (primary N) is 1. The molecule has 4 heteroatoms. The molecule has 2 heterocycles. The van der Waals surface area contributed by atoms with Crippen LogP contribution in [0.15, 0.2) is 48.8 Å². The smallest absolute Gasteiger partial charge is 0.129 e. The minimum Gasteiger partial charge on any atom is -0.383 e. The van der Waals surface area contributed by atoms with E-state index in [-0.39, 0.29) is 0 Å². The number of rotatable bonds is 2. The van der Waals surface area contributed by atoms with Gasteiger partial charge in [-0.05, 0) is 24.6 Å². The molecule has 2 N–H and O–H groups in total. The van der Waals surface area contributed by atoms with E-state index >= 15 is 0 Å². The number of hydrogen-bond acceptors (Lipinski definition) is 3. The molecule has 0 radical (unpaired) electrons. The molecule has 0 unspecified atom stereocenters. The van der Waals surface area contributed by atoms with Gasteiger partial charge in [-0.1, -0.05) is 29.8 Å². The molecule has 3 rings (SSSR count). The van der Waals surface area contributed by atoms with Crippen LogP contribution in [0.4, 0.5) is 5.82 Å². The first-order chi connectivity index (χ1) is 9.66. The van der Waals surface area contributed by atoms with Crippen molar-refractivity contribution in [3.05, 3.63) is 54.4 Å². The highest BCUT2D eigenvalue weighted by atomic mass is 15.3. The maximum absolute atomic E-state index is 6.20. The van der Waals surface area contributed by atoms with E-state index in [2.05, 4.69) is 41.3 Å². The van der Waals surface area contributed by atoms with Crippen molar-refractivity contribution < 1.29 is 0 Å². The number of pyridine rings is 1. The van der Waals surface area contributed by atoms with Crippen LogP contribution in [-0.2, 0) is 7.05 Å². The number of aromatic nitrogens is 3. The molecular formula is C16H16N4. The second-order valence-corrected chi connectivity index (χ2v) is 4.83. The Balaban J connectivity index is 2.22. The third-order valence-corrected chi connectivity index (χ3v) is 3.39. The van der Waals surface area contributed by atoms with Gasteiger partial charge in [0, 0.05) is 25.0 Å². The predicted molar refractivity (Wildman–Crippen MR) is 81.0 cm³/mol. The molecule has 3 aromatic rings. The summed E-state index contributed by atoms with van der Waals surface area (Å²) < 4.78 is 1.71. The molecule has 0 amide bonds. The highest BCUT2D eigenvalue weighted by molar-refractivity contribution is 5.88. The monoisotopic (exact) mass is 264 g/mol. The lowest BCUT2D eigenvalue weighted by Crippen LogP contribution is -1.97. The summed E-state index contributed by atoms with van der Waals surface area (Å²) in [7, 11) is 1.86. The molecule has 0 atom stereocenters. The van der Waals surface area contributed by atoms with Crippen LogP contribution in [0.25, 0.3) is 22.4 Å². The van der Waals surface area contributed by atoms with E-state index in [0.29, 0.717) is 5.82 Å². The normalized spacial score (nSPS) is 10.7. The second-order valence-electron chi connectivity index (χ2n) is 4.83. The molecule has 0 aliphatic heterocycles. The quantitative estimate of drug-likeness (QED) is 0.774. The van der Waals surface area contributed by atoms with Crippen LogP contribution in [-0.4, -0.2) is 14.8 Å². The number of aryl methyl sites for hydroxylation is 2. The highest BCUT2D eigenvalue weighted by Gasteiger charge is 2.16. The average Bonchev–Trinajstić information content (AvgIpc) is 2.77. The molecule has 0 bridgehead atoms. The van der Waals surface area contributed by atoms with Crippen LogP contribution in [0.1, 0.15) is 5.56 Å². The van der Waals surface area contributed by atoms with Crippen molar-refractivity contribution >= 4 is 5.82 Å². The Morgan fingerprint density at radius 3 is 2.25 bits per heavy atom. The number of nitrogens with zero attached hydrogens (tertiary/aromatic N) is 3.